The SMILES string of the molecule is C=CC(C)NCC1(O)CCC(C(=O)OCC)CC1. The minimum Gasteiger partial charge on any atom is -0.466 e. The Balaban J connectivity index is 2.37. The first-order valence-corrected chi connectivity index (χ1v) is 6.75. The molecule has 0 saturated heterocycles. The fourth-order valence-electron chi connectivity index (χ4n) is 2.26. The minimum absolute atomic E-state index is 0.0398. The predicted molar refractivity (Wildman–Crippen MR) is 71.2 cm³/mol. The van der Waals surface area contributed by atoms with Crippen molar-refractivity contribution >= 4 is 5.97 Å². The Labute approximate surface area is 109 Å². The average Bonchev–Trinajstić information content (AvgIpc) is 2.37. The van der Waals surface area contributed by atoms with Crippen molar-refractivity contribution in [1.82, 2.24) is 5.32 Å². The summed E-state index contributed by atoms with van der Waals surface area (Å²) in [7, 11) is 0. The molecule has 0 aromatic carbocycles. The summed E-state index contributed by atoms with van der Waals surface area (Å²) in [4.78, 5) is 11.6. The van der Waals surface area contributed by atoms with E-state index in [2.05, 4.69) is 11.9 Å². The van der Waals surface area contributed by atoms with Crippen molar-refractivity contribution in [3.8, 4) is 0 Å². The van der Waals surface area contributed by atoms with Gasteiger partial charge in [-0.1, -0.05) is 6.08 Å². The van der Waals surface area contributed by atoms with Gasteiger partial charge in [0.15, 0.2) is 0 Å². The van der Waals surface area contributed by atoms with Gasteiger partial charge >= 0.3 is 5.97 Å². The zero-order chi connectivity index (χ0) is 13.6. The Bertz CT molecular complexity index is 283. The molecule has 1 atom stereocenters. The maximum absolute atomic E-state index is 11.6. The van der Waals surface area contributed by atoms with Crippen molar-refractivity contribution in [3.05, 3.63) is 12.7 Å². The zero-order valence-electron chi connectivity index (χ0n) is 11.4. The molecule has 1 unspecified atom stereocenters. The third-order valence-electron chi connectivity index (χ3n) is 3.64. The molecule has 0 spiro atoms. The quantitative estimate of drug-likeness (QED) is 0.559. The smallest absolute Gasteiger partial charge is 0.308 e. The molecule has 4 heteroatoms. The molecule has 104 valence electrons. The molecular formula is C14H25NO3. The molecule has 1 aliphatic carbocycles. The number of aliphatic hydroxyl groups is 1. The van der Waals surface area contributed by atoms with Crippen molar-refractivity contribution in [2.45, 2.75) is 51.2 Å². The first kappa shape index (κ1) is 15.2. The minimum atomic E-state index is -0.694. The second kappa shape index (κ2) is 6.90. The van der Waals surface area contributed by atoms with Gasteiger partial charge in [0.25, 0.3) is 0 Å². The average molecular weight is 255 g/mol. The van der Waals surface area contributed by atoms with Crippen LogP contribution in [-0.2, 0) is 9.53 Å². The molecule has 0 aromatic heterocycles. The molecule has 0 radical (unpaired) electrons. The van der Waals surface area contributed by atoms with E-state index in [1.165, 1.54) is 0 Å². The topological polar surface area (TPSA) is 58.6 Å². The highest BCUT2D eigenvalue weighted by Gasteiger charge is 2.36. The third kappa shape index (κ3) is 4.42. The summed E-state index contributed by atoms with van der Waals surface area (Å²) in [6, 6.07) is 0.191. The van der Waals surface area contributed by atoms with Crippen molar-refractivity contribution in [2.24, 2.45) is 5.92 Å². The van der Waals surface area contributed by atoms with Crippen LogP contribution in [0, 0.1) is 5.92 Å². The van der Waals surface area contributed by atoms with Crippen LogP contribution in [0.15, 0.2) is 12.7 Å². The second-order valence-electron chi connectivity index (χ2n) is 5.16. The van der Waals surface area contributed by atoms with Crippen molar-refractivity contribution in [1.29, 1.82) is 0 Å². The van der Waals surface area contributed by atoms with Gasteiger partial charge in [-0.15, -0.1) is 6.58 Å². The Morgan fingerprint density at radius 1 is 1.61 bits per heavy atom. The summed E-state index contributed by atoms with van der Waals surface area (Å²) >= 11 is 0. The standard InChI is InChI=1S/C14H25NO3/c1-4-11(3)15-10-14(17)8-6-12(7-9-14)13(16)18-5-2/h4,11-12,15,17H,1,5-10H2,2-3H3. The van der Waals surface area contributed by atoms with E-state index in [0.717, 1.165) is 0 Å². The van der Waals surface area contributed by atoms with Crippen LogP contribution in [-0.4, -0.2) is 35.9 Å². The van der Waals surface area contributed by atoms with Crippen LogP contribution in [0.1, 0.15) is 39.5 Å². The van der Waals surface area contributed by atoms with E-state index in [1.807, 2.05) is 19.9 Å². The molecule has 0 aromatic rings. The Morgan fingerprint density at radius 2 is 2.22 bits per heavy atom. The van der Waals surface area contributed by atoms with E-state index in [-0.39, 0.29) is 17.9 Å². The van der Waals surface area contributed by atoms with E-state index in [9.17, 15) is 9.90 Å². The van der Waals surface area contributed by atoms with E-state index in [4.69, 9.17) is 4.74 Å². The number of hydrogen-bond acceptors (Lipinski definition) is 4. The van der Waals surface area contributed by atoms with Crippen LogP contribution in [0.3, 0.4) is 0 Å². The lowest BCUT2D eigenvalue weighted by Gasteiger charge is -2.35. The maximum atomic E-state index is 11.6. The lowest BCUT2D eigenvalue weighted by Crippen LogP contribution is -2.46. The van der Waals surface area contributed by atoms with Gasteiger partial charge in [0.05, 0.1) is 18.1 Å². The van der Waals surface area contributed by atoms with E-state index in [1.54, 1.807) is 0 Å². The number of hydrogen-bond donors (Lipinski definition) is 2. The van der Waals surface area contributed by atoms with Gasteiger partial charge in [-0.3, -0.25) is 4.79 Å². The number of carbonyl (C=O) groups is 1. The number of carbonyl (C=O) groups excluding carboxylic acids is 1. The normalized spacial score (nSPS) is 29.6. The van der Waals surface area contributed by atoms with Gasteiger partial charge in [0, 0.05) is 12.6 Å². The van der Waals surface area contributed by atoms with Crippen molar-refractivity contribution in [2.75, 3.05) is 13.2 Å². The molecular weight excluding hydrogens is 230 g/mol. The van der Waals surface area contributed by atoms with Crippen LogP contribution in [0.5, 0.6) is 0 Å². The van der Waals surface area contributed by atoms with Gasteiger partial charge in [-0.05, 0) is 39.5 Å². The Kier molecular flexibility index (Phi) is 5.82. The highest BCUT2D eigenvalue weighted by Crippen LogP contribution is 2.32. The first-order chi connectivity index (χ1) is 8.50. The Hall–Kier alpha value is -0.870. The van der Waals surface area contributed by atoms with Gasteiger partial charge in [0.1, 0.15) is 0 Å². The second-order valence-corrected chi connectivity index (χ2v) is 5.16. The van der Waals surface area contributed by atoms with Crippen LogP contribution in [0.2, 0.25) is 0 Å². The zero-order valence-corrected chi connectivity index (χ0v) is 11.4. The predicted octanol–water partition coefficient (Wildman–Crippen LogP) is 1.63. The summed E-state index contributed by atoms with van der Waals surface area (Å²) < 4.78 is 5.02. The fraction of sp³-hybridized carbons (Fsp3) is 0.786. The van der Waals surface area contributed by atoms with E-state index < -0.39 is 5.60 Å². The number of esters is 1. The molecule has 0 aliphatic heterocycles. The summed E-state index contributed by atoms with van der Waals surface area (Å²) in [5.41, 5.74) is -0.694. The van der Waals surface area contributed by atoms with Crippen LogP contribution >= 0.6 is 0 Å². The summed E-state index contributed by atoms with van der Waals surface area (Å²) in [6.07, 6.45) is 4.52. The van der Waals surface area contributed by atoms with Gasteiger partial charge in [-0.2, -0.15) is 0 Å². The molecule has 1 rings (SSSR count). The molecule has 1 fully saturated rings. The van der Waals surface area contributed by atoms with Crippen LogP contribution < -0.4 is 5.32 Å². The maximum Gasteiger partial charge on any atom is 0.308 e. The van der Waals surface area contributed by atoms with Gasteiger partial charge in [-0.25, -0.2) is 0 Å². The number of nitrogens with one attached hydrogen (secondary N) is 1. The fourth-order valence-corrected chi connectivity index (χ4v) is 2.26. The van der Waals surface area contributed by atoms with E-state index in [0.29, 0.717) is 38.8 Å². The van der Waals surface area contributed by atoms with Crippen molar-refractivity contribution < 1.29 is 14.6 Å². The molecule has 1 saturated carbocycles. The van der Waals surface area contributed by atoms with Crippen LogP contribution in [0.25, 0.3) is 0 Å². The summed E-state index contributed by atoms with van der Waals surface area (Å²) in [5, 5.41) is 13.6. The lowest BCUT2D eigenvalue weighted by molar-refractivity contribution is -0.151. The third-order valence-corrected chi connectivity index (χ3v) is 3.64. The number of rotatable bonds is 6. The highest BCUT2D eigenvalue weighted by molar-refractivity contribution is 5.72. The Morgan fingerprint density at radius 3 is 2.72 bits per heavy atom. The molecule has 2 N–H and O–H groups in total. The lowest BCUT2D eigenvalue weighted by atomic mass is 9.78. The van der Waals surface area contributed by atoms with Crippen LogP contribution in [0.4, 0.5) is 0 Å². The molecule has 0 bridgehead atoms. The van der Waals surface area contributed by atoms with E-state index >= 15 is 0 Å². The number of ether oxygens (including phenoxy) is 1. The van der Waals surface area contributed by atoms with Gasteiger partial charge < -0.3 is 15.2 Å². The molecule has 1 aliphatic rings. The summed E-state index contributed by atoms with van der Waals surface area (Å²) in [6.45, 7) is 8.50. The first-order valence-electron chi connectivity index (χ1n) is 6.75. The van der Waals surface area contributed by atoms with Gasteiger partial charge in [0.2, 0.25) is 0 Å². The summed E-state index contributed by atoms with van der Waals surface area (Å²) in [5.74, 6) is -0.158. The largest absolute Gasteiger partial charge is 0.466 e. The van der Waals surface area contributed by atoms with Crippen molar-refractivity contribution in [3.63, 3.8) is 0 Å². The molecule has 4 nitrogen and oxygen atoms in total. The highest BCUT2D eigenvalue weighted by atomic mass is 16.5. The molecule has 18 heavy (non-hydrogen) atoms. The monoisotopic (exact) mass is 255 g/mol. The molecule has 0 heterocycles. The molecule has 0 amide bonds.